The summed E-state index contributed by atoms with van der Waals surface area (Å²) in [5.74, 6) is -1.13. The minimum absolute atomic E-state index is 0.185. The molecule has 0 bridgehead atoms. The van der Waals surface area contributed by atoms with E-state index in [2.05, 4.69) is 10.4 Å². The van der Waals surface area contributed by atoms with Gasteiger partial charge in [0.2, 0.25) is 0 Å². The lowest BCUT2D eigenvalue weighted by atomic mass is 10.1. The monoisotopic (exact) mass is 400 g/mol. The first-order valence-corrected chi connectivity index (χ1v) is 9.34. The van der Waals surface area contributed by atoms with Crippen LogP contribution in [-0.2, 0) is 9.53 Å². The van der Waals surface area contributed by atoms with Crippen molar-refractivity contribution in [2.75, 3.05) is 12.4 Å². The lowest BCUT2D eigenvalue weighted by Gasteiger charge is -2.20. The number of amides is 1. The predicted octanol–water partition coefficient (Wildman–Crippen LogP) is 3.43. The Labute approximate surface area is 173 Å². The number of nitrogens with one attached hydrogen (secondary N) is 1. The van der Waals surface area contributed by atoms with Crippen molar-refractivity contribution < 1.29 is 14.3 Å². The summed E-state index contributed by atoms with van der Waals surface area (Å²) in [5.41, 5.74) is 9.44. The van der Waals surface area contributed by atoms with Crippen LogP contribution in [0.25, 0.3) is 16.6 Å². The summed E-state index contributed by atoms with van der Waals surface area (Å²) >= 11 is 0. The summed E-state index contributed by atoms with van der Waals surface area (Å²) in [5, 5.41) is 7.48. The molecule has 0 aliphatic carbocycles. The lowest BCUT2D eigenvalue weighted by Crippen LogP contribution is -2.25. The molecule has 30 heavy (non-hydrogen) atoms. The van der Waals surface area contributed by atoms with Crippen LogP contribution in [0.5, 0.6) is 0 Å². The highest BCUT2D eigenvalue weighted by atomic mass is 16.5. The number of aromatic nitrogens is 2. The highest BCUT2D eigenvalue weighted by molar-refractivity contribution is 6.03. The maximum Gasteiger partial charge on any atom is 0.332 e. The molecule has 1 unspecified atom stereocenters. The van der Waals surface area contributed by atoms with Crippen LogP contribution in [-0.4, -0.2) is 28.6 Å². The molecule has 2 heterocycles. The number of esters is 1. The van der Waals surface area contributed by atoms with Crippen molar-refractivity contribution in [3.8, 4) is 11.1 Å². The van der Waals surface area contributed by atoms with E-state index >= 15 is 0 Å². The molecule has 0 spiro atoms. The molecule has 7 heteroatoms. The van der Waals surface area contributed by atoms with Crippen LogP contribution in [0.15, 0.2) is 79.1 Å². The van der Waals surface area contributed by atoms with Gasteiger partial charge in [0, 0.05) is 11.8 Å². The zero-order valence-electron chi connectivity index (χ0n) is 16.3. The van der Waals surface area contributed by atoms with Crippen LogP contribution in [0.3, 0.4) is 0 Å². The summed E-state index contributed by atoms with van der Waals surface area (Å²) in [6, 6.07) is 20.0. The van der Waals surface area contributed by atoms with Crippen LogP contribution in [0.1, 0.15) is 22.0 Å². The van der Waals surface area contributed by atoms with Crippen LogP contribution in [0.2, 0.25) is 0 Å². The van der Waals surface area contributed by atoms with Crippen LogP contribution in [0, 0.1) is 0 Å². The second kappa shape index (κ2) is 8.08. The van der Waals surface area contributed by atoms with E-state index in [1.165, 1.54) is 13.3 Å². The number of hydrogen-bond acceptors (Lipinski definition) is 5. The summed E-state index contributed by atoms with van der Waals surface area (Å²) in [6.07, 6.45) is 3.25. The molecule has 1 amide bonds. The standard InChI is InChI=1S/C23H20N4O3/c1-30-23(29)20(16-10-6-3-7-11-16)26-21-18(22(24)28)13-25-27-14-17(12-19(21)27)15-8-4-2-5-9-15/h2-14,20,26H,1H3,(H2,24,28). The van der Waals surface area contributed by atoms with Crippen molar-refractivity contribution in [2.45, 2.75) is 6.04 Å². The molecule has 150 valence electrons. The summed E-state index contributed by atoms with van der Waals surface area (Å²) < 4.78 is 6.64. The van der Waals surface area contributed by atoms with Gasteiger partial charge in [-0.3, -0.25) is 4.79 Å². The average Bonchev–Trinajstić information content (AvgIpc) is 3.22. The van der Waals surface area contributed by atoms with Crippen molar-refractivity contribution in [1.29, 1.82) is 0 Å². The Kier molecular flexibility index (Phi) is 5.17. The van der Waals surface area contributed by atoms with Gasteiger partial charge in [0.15, 0.2) is 6.04 Å². The van der Waals surface area contributed by atoms with Gasteiger partial charge in [0.05, 0.1) is 30.1 Å². The average molecular weight is 400 g/mol. The Morgan fingerprint density at radius 3 is 2.33 bits per heavy atom. The molecule has 0 radical (unpaired) electrons. The molecule has 2 aromatic heterocycles. The first-order chi connectivity index (χ1) is 14.6. The molecule has 4 rings (SSSR count). The molecule has 0 saturated carbocycles. The number of carbonyl (C=O) groups excluding carboxylic acids is 2. The third-order valence-corrected chi connectivity index (χ3v) is 4.87. The van der Waals surface area contributed by atoms with Crippen molar-refractivity contribution in [2.24, 2.45) is 5.73 Å². The third-order valence-electron chi connectivity index (χ3n) is 4.87. The second-order valence-corrected chi connectivity index (χ2v) is 6.73. The minimum Gasteiger partial charge on any atom is -0.467 e. The van der Waals surface area contributed by atoms with E-state index in [9.17, 15) is 9.59 Å². The van der Waals surface area contributed by atoms with E-state index in [0.717, 1.165) is 11.1 Å². The van der Waals surface area contributed by atoms with Crippen molar-refractivity contribution in [1.82, 2.24) is 9.61 Å². The van der Waals surface area contributed by atoms with Gasteiger partial charge in [0.1, 0.15) is 0 Å². The number of anilines is 1. The van der Waals surface area contributed by atoms with Crippen LogP contribution in [0.4, 0.5) is 5.69 Å². The van der Waals surface area contributed by atoms with E-state index in [0.29, 0.717) is 16.8 Å². The van der Waals surface area contributed by atoms with E-state index in [4.69, 9.17) is 10.5 Å². The number of nitrogens with two attached hydrogens (primary N) is 1. The Morgan fingerprint density at radius 1 is 1.03 bits per heavy atom. The van der Waals surface area contributed by atoms with Gasteiger partial charge < -0.3 is 15.8 Å². The van der Waals surface area contributed by atoms with Crippen molar-refractivity contribution >= 4 is 23.1 Å². The van der Waals surface area contributed by atoms with Gasteiger partial charge >= 0.3 is 5.97 Å². The molecule has 0 fully saturated rings. The number of nitrogens with zero attached hydrogens (tertiary/aromatic N) is 2. The van der Waals surface area contributed by atoms with Crippen molar-refractivity contribution in [3.05, 3.63) is 90.3 Å². The van der Waals surface area contributed by atoms with Gasteiger partial charge in [-0.1, -0.05) is 60.7 Å². The van der Waals surface area contributed by atoms with Crippen LogP contribution >= 0.6 is 0 Å². The SMILES string of the molecule is COC(=O)C(Nc1c(C(N)=O)cnn2cc(-c3ccccc3)cc12)c1ccccc1. The summed E-state index contributed by atoms with van der Waals surface area (Å²) in [7, 11) is 1.32. The quantitative estimate of drug-likeness (QED) is 0.483. The van der Waals surface area contributed by atoms with Crippen LogP contribution < -0.4 is 11.1 Å². The summed E-state index contributed by atoms with van der Waals surface area (Å²) in [4.78, 5) is 24.7. The molecular formula is C23H20N4O3. The number of fused-ring (bicyclic) bond motifs is 1. The molecule has 0 aliphatic rings. The highest BCUT2D eigenvalue weighted by Crippen LogP contribution is 2.31. The Bertz CT molecular complexity index is 1200. The van der Waals surface area contributed by atoms with E-state index in [1.807, 2.05) is 72.9 Å². The molecule has 1 atom stereocenters. The largest absolute Gasteiger partial charge is 0.467 e. The minimum atomic E-state index is -0.824. The number of rotatable bonds is 6. The zero-order chi connectivity index (χ0) is 21.1. The third kappa shape index (κ3) is 3.60. The number of hydrogen-bond donors (Lipinski definition) is 2. The van der Waals surface area contributed by atoms with Crippen molar-refractivity contribution in [3.63, 3.8) is 0 Å². The molecule has 2 aromatic carbocycles. The number of ether oxygens (including phenoxy) is 1. The normalized spacial score (nSPS) is 11.8. The molecular weight excluding hydrogens is 380 g/mol. The van der Waals surface area contributed by atoms with Gasteiger partial charge in [-0.15, -0.1) is 0 Å². The fourth-order valence-electron chi connectivity index (χ4n) is 3.37. The Hall–Kier alpha value is -4.13. The van der Waals surface area contributed by atoms with Gasteiger partial charge in [-0.25, -0.2) is 9.31 Å². The molecule has 4 aromatic rings. The fraction of sp³-hybridized carbons (Fsp3) is 0.0870. The zero-order valence-corrected chi connectivity index (χ0v) is 16.3. The first-order valence-electron chi connectivity index (χ1n) is 9.34. The predicted molar refractivity (Wildman–Crippen MR) is 114 cm³/mol. The van der Waals surface area contributed by atoms with E-state index in [-0.39, 0.29) is 5.56 Å². The molecule has 0 saturated heterocycles. The number of primary amides is 1. The number of carbonyl (C=O) groups is 2. The topological polar surface area (TPSA) is 98.7 Å². The summed E-state index contributed by atoms with van der Waals surface area (Å²) in [6.45, 7) is 0. The van der Waals surface area contributed by atoms with Gasteiger partial charge in [0.25, 0.3) is 5.91 Å². The Morgan fingerprint density at radius 2 is 1.70 bits per heavy atom. The number of methoxy groups -OCH3 is 1. The van der Waals surface area contributed by atoms with Gasteiger partial charge in [-0.05, 0) is 17.2 Å². The Balaban J connectivity index is 1.86. The van der Waals surface area contributed by atoms with E-state index in [1.54, 1.807) is 4.52 Å². The lowest BCUT2D eigenvalue weighted by molar-refractivity contribution is -0.141. The molecule has 7 nitrogen and oxygen atoms in total. The molecule has 0 aliphatic heterocycles. The fourth-order valence-corrected chi connectivity index (χ4v) is 3.37. The van der Waals surface area contributed by atoms with E-state index < -0.39 is 17.9 Å². The van der Waals surface area contributed by atoms with Gasteiger partial charge in [-0.2, -0.15) is 5.10 Å². The molecule has 3 N–H and O–H groups in total. The smallest absolute Gasteiger partial charge is 0.332 e. The first kappa shape index (κ1) is 19.2. The highest BCUT2D eigenvalue weighted by Gasteiger charge is 2.25. The maximum absolute atomic E-state index is 12.5. The second-order valence-electron chi connectivity index (χ2n) is 6.73. The maximum atomic E-state index is 12.5. The number of benzene rings is 2.